The highest BCUT2D eigenvalue weighted by Crippen LogP contribution is 2.02. The minimum absolute atomic E-state index is 0.717. The first-order valence-electron chi connectivity index (χ1n) is 2.61. The van der Waals surface area contributed by atoms with E-state index in [0.29, 0.717) is 5.69 Å². The lowest BCUT2D eigenvalue weighted by atomic mass is 10.2. The third-order valence-corrected chi connectivity index (χ3v) is 1.06. The Morgan fingerprint density at radius 2 is 1.78 bits per heavy atom. The highest BCUT2D eigenvalue weighted by atomic mass is 14.5. The fourth-order valence-electron chi connectivity index (χ4n) is 0.566. The van der Waals surface area contributed by atoms with E-state index in [0.717, 1.165) is 5.56 Å². The Morgan fingerprint density at radius 3 is 2.22 bits per heavy atom. The zero-order valence-corrected chi connectivity index (χ0v) is 4.89. The van der Waals surface area contributed by atoms with Gasteiger partial charge in [0.25, 0.3) is 0 Å². The second kappa shape index (κ2) is 2.23. The molecule has 0 saturated carbocycles. The van der Waals surface area contributed by atoms with Crippen molar-refractivity contribution < 1.29 is 0 Å². The van der Waals surface area contributed by atoms with Crippen LogP contribution in [0.15, 0.2) is 24.3 Å². The van der Waals surface area contributed by atoms with Crippen molar-refractivity contribution in [3.8, 4) is 5.92 Å². The number of anilines is 1. The molecule has 1 aromatic carbocycles. The van der Waals surface area contributed by atoms with Crippen molar-refractivity contribution in [2.45, 2.75) is 0 Å². The molecule has 0 spiro atoms. The molecule has 0 saturated heterocycles. The molecule has 1 rings (SSSR count). The van der Waals surface area contributed by atoms with Crippen molar-refractivity contribution >= 4 is 5.69 Å². The molecule has 0 aliphatic heterocycles. The molecule has 0 radical (unpaired) electrons. The molecule has 44 valence electrons. The second-order valence-corrected chi connectivity index (χ2v) is 1.75. The van der Waals surface area contributed by atoms with E-state index in [1.54, 1.807) is 24.3 Å². The Morgan fingerprint density at radius 1 is 1.22 bits per heavy atom. The lowest BCUT2D eigenvalue weighted by molar-refractivity contribution is 1.63. The van der Waals surface area contributed by atoms with Gasteiger partial charge in [0.2, 0.25) is 0 Å². The monoisotopic (exact) mass is 116 g/mol. The summed E-state index contributed by atoms with van der Waals surface area (Å²) < 4.78 is 0. The highest BCUT2D eigenvalue weighted by Gasteiger charge is 1.76. The molecule has 0 aliphatic carbocycles. The Hall–Kier alpha value is -1.42. The van der Waals surface area contributed by atoms with Crippen LogP contribution in [0.2, 0.25) is 0 Å². The molecule has 1 nitrogen and oxygen atoms in total. The number of hydrogen-bond acceptors (Lipinski definition) is 1. The summed E-state index contributed by atoms with van der Waals surface area (Å²) in [7, 11) is 0. The Labute approximate surface area is 54.5 Å². The van der Waals surface area contributed by atoms with Gasteiger partial charge in [-0.2, -0.15) is 0 Å². The minimum atomic E-state index is 0.717. The van der Waals surface area contributed by atoms with E-state index in [1.807, 2.05) is 0 Å². The Balaban J connectivity index is 3.06. The molecule has 0 unspecified atom stereocenters. The molecule has 9 heavy (non-hydrogen) atoms. The molecule has 2 N–H and O–H groups in total. The number of nitrogen functional groups attached to an aromatic ring is 1. The first-order valence-corrected chi connectivity index (χ1v) is 2.61. The fraction of sp³-hybridized carbons (Fsp3) is 0. The van der Waals surface area contributed by atoms with Gasteiger partial charge in [-0.1, -0.05) is 12.1 Å². The Bertz CT molecular complexity index is 228. The van der Waals surface area contributed by atoms with Crippen LogP contribution in [0.1, 0.15) is 5.56 Å². The van der Waals surface area contributed by atoms with Crippen LogP contribution < -0.4 is 5.73 Å². The van der Waals surface area contributed by atoms with Crippen LogP contribution in [0.5, 0.6) is 0 Å². The quantitative estimate of drug-likeness (QED) is 0.308. The molecule has 0 aliphatic rings. The maximum atomic E-state index is 6.72. The molecule has 0 atom stereocenters. The van der Waals surface area contributed by atoms with Crippen LogP contribution in [-0.4, -0.2) is 0 Å². The second-order valence-electron chi connectivity index (χ2n) is 1.75. The van der Waals surface area contributed by atoms with E-state index < -0.39 is 0 Å². The van der Waals surface area contributed by atoms with Crippen LogP contribution in [0.3, 0.4) is 0 Å². The summed E-state index contributed by atoms with van der Waals surface area (Å²) in [6.45, 7) is 0. The molecular weight excluding hydrogens is 110 g/mol. The van der Waals surface area contributed by atoms with Crippen LogP contribution in [-0.2, 0) is 0 Å². The van der Waals surface area contributed by atoms with Crippen LogP contribution in [0.4, 0.5) is 5.69 Å². The van der Waals surface area contributed by atoms with Gasteiger partial charge in [0.15, 0.2) is 0 Å². The van der Waals surface area contributed by atoms with Crippen molar-refractivity contribution in [3.05, 3.63) is 36.3 Å². The maximum absolute atomic E-state index is 6.72. The van der Waals surface area contributed by atoms with Gasteiger partial charge in [-0.3, -0.25) is 5.92 Å². The molecular formula is C8H6N-. The number of benzene rings is 1. The molecule has 0 bridgehead atoms. The first-order chi connectivity index (χ1) is 4.33. The van der Waals surface area contributed by atoms with Gasteiger partial charge in [-0.25, -0.2) is 0 Å². The Kier molecular flexibility index (Phi) is 1.42. The van der Waals surface area contributed by atoms with Gasteiger partial charge >= 0.3 is 0 Å². The number of hydrogen-bond donors (Lipinski definition) is 1. The third-order valence-electron chi connectivity index (χ3n) is 1.06. The molecule has 0 aromatic heterocycles. The van der Waals surface area contributed by atoms with Gasteiger partial charge in [-0.05, 0) is 0 Å². The standard InChI is InChI=1S/C8H6N/c1-2-7-3-5-8(9)6-4-7/h3-6H,9H2/q-1. The molecule has 1 aromatic rings. The van der Waals surface area contributed by atoms with Gasteiger partial charge in [0.05, 0.1) is 0 Å². The zero-order valence-electron chi connectivity index (χ0n) is 4.89. The van der Waals surface area contributed by atoms with Crippen molar-refractivity contribution in [1.82, 2.24) is 0 Å². The summed E-state index contributed by atoms with van der Waals surface area (Å²) in [6.07, 6.45) is 6.72. The maximum Gasteiger partial charge on any atom is 0.0284 e. The smallest absolute Gasteiger partial charge is 0.0284 e. The predicted molar refractivity (Wildman–Crippen MR) is 37.1 cm³/mol. The van der Waals surface area contributed by atoms with E-state index in [2.05, 4.69) is 5.92 Å². The van der Waals surface area contributed by atoms with Crippen LogP contribution in [0.25, 0.3) is 0 Å². The molecule has 1 heteroatoms. The SMILES string of the molecule is [C-]#Cc1ccc(N)cc1. The summed E-state index contributed by atoms with van der Waals surface area (Å²) in [5.41, 5.74) is 6.86. The average molecular weight is 116 g/mol. The van der Waals surface area contributed by atoms with E-state index in [9.17, 15) is 0 Å². The fourth-order valence-corrected chi connectivity index (χ4v) is 0.566. The highest BCUT2D eigenvalue weighted by molar-refractivity contribution is 5.43. The van der Waals surface area contributed by atoms with Crippen molar-refractivity contribution in [2.75, 3.05) is 5.73 Å². The summed E-state index contributed by atoms with van der Waals surface area (Å²) in [5, 5.41) is 0. The van der Waals surface area contributed by atoms with Gasteiger partial charge in [0, 0.05) is 5.69 Å². The minimum Gasteiger partial charge on any atom is -0.399 e. The van der Waals surface area contributed by atoms with Gasteiger partial charge < -0.3 is 12.2 Å². The zero-order chi connectivity index (χ0) is 6.69. The topological polar surface area (TPSA) is 26.0 Å². The van der Waals surface area contributed by atoms with Crippen LogP contribution >= 0.6 is 0 Å². The summed E-state index contributed by atoms with van der Waals surface area (Å²) in [4.78, 5) is 0. The normalized spacial score (nSPS) is 8.33. The van der Waals surface area contributed by atoms with Crippen molar-refractivity contribution in [3.63, 3.8) is 0 Å². The van der Waals surface area contributed by atoms with E-state index in [-0.39, 0.29) is 0 Å². The van der Waals surface area contributed by atoms with Gasteiger partial charge in [-0.15, -0.1) is 17.7 Å². The molecule has 0 amide bonds. The number of nitrogens with two attached hydrogens (primary N) is 1. The molecule has 0 heterocycles. The first kappa shape index (κ1) is 5.71. The largest absolute Gasteiger partial charge is 0.399 e. The summed E-state index contributed by atoms with van der Waals surface area (Å²) >= 11 is 0. The van der Waals surface area contributed by atoms with E-state index in [1.165, 1.54) is 0 Å². The van der Waals surface area contributed by atoms with E-state index in [4.69, 9.17) is 12.2 Å². The van der Waals surface area contributed by atoms with Gasteiger partial charge in [0.1, 0.15) is 0 Å². The third kappa shape index (κ3) is 1.23. The predicted octanol–water partition coefficient (Wildman–Crippen LogP) is 1.21. The van der Waals surface area contributed by atoms with Crippen molar-refractivity contribution in [1.29, 1.82) is 0 Å². The lowest BCUT2D eigenvalue weighted by Gasteiger charge is -1.97. The summed E-state index contributed by atoms with van der Waals surface area (Å²) in [6, 6.07) is 7.00. The van der Waals surface area contributed by atoms with Crippen LogP contribution in [0, 0.1) is 12.3 Å². The van der Waals surface area contributed by atoms with E-state index >= 15 is 0 Å². The number of rotatable bonds is 0. The molecule has 0 fully saturated rings. The van der Waals surface area contributed by atoms with Crippen molar-refractivity contribution in [2.24, 2.45) is 0 Å². The summed E-state index contributed by atoms with van der Waals surface area (Å²) in [5.74, 6) is 2.25. The lowest BCUT2D eigenvalue weighted by Crippen LogP contribution is -1.82. The average Bonchev–Trinajstić information content (AvgIpc) is 1.90.